The number of esters is 1. The summed E-state index contributed by atoms with van der Waals surface area (Å²) in [4.78, 5) is 11.3. The van der Waals surface area contributed by atoms with Crippen molar-refractivity contribution in [3.8, 4) is 5.75 Å². The van der Waals surface area contributed by atoms with Crippen LogP contribution in [0.15, 0.2) is 18.2 Å². The van der Waals surface area contributed by atoms with E-state index >= 15 is 0 Å². The number of hydrogen-bond acceptors (Lipinski definition) is 4. The van der Waals surface area contributed by atoms with Gasteiger partial charge in [-0.2, -0.15) is 0 Å². The van der Waals surface area contributed by atoms with Crippen LogP contribution in [0.25, 0.3) is 0 Å². The second-order valence-corrected chi connectivity index (χ2v) is 5.32. The van der Waals surface area contributed by atoms with Crippen molar-refractivity contribution in [3.63, 3.8) is 0 Å². The summed E-state index contributed by atoms with van der Waals surface area (Å²) < 4.78 is 10.7. The predicted octanol–water partition coefficient (Wildman–Crippen LogP) is 3.46. The Bertz CT molecular complexity index is 450. The van der Waals surface area contributed by atoms with Gasteiger partial charge >= 0.3 is 5.97 Å². The van der Waals surface area contributed by atoms with Crippen molar-refractivity contribution in [2.24, 2.45) is 5.73 Å². The summed E-state index contributed by atoms with van der Waals surface area (Å²) in [5.41, 5.74) is 8.01. The maximum atomic E-state index is 11.3. The topological polar surface area (TPSA) is 61.5 Å². The van der Waals surface area contributed by atoms with Crippen molar-refractivity contribution in [2.45, 2.75) is 46.0 Å². The van der Waals surface area contributed by atoms with Crippen LogP contribution in [0.1, 0.15) is 50.7 Å². The van der Waals surface area contributed by atoms with Gasteiger partial charge in [-0.1, -0.05) is 26.0 Å². The normalized spacial score (nSPS) is 10.2. The summed E-state index contributed by atoms with van der Waals surface area (Å²) in [6.45, 7) is 7.66. The number of rotatable bonds is 9. The van der Waals surface area contributed by atoms with E-state index in [1.807, 2.05) is 6.92 Å². The van der Waals surface area contributed by atoms with Gasteiger partial charge in [0, 0.05) is 6.42 Å². The van der Waals surface area contributed by atoms with Gasteiger partial charge in [-0.3, -0.25) is 4.79 Å². The highest BCUT2D eigenvalue weighted by Gasteiger charge is 2.08. The van der Waals surface area contributed by atoms with Gasteiger partial charge in [0.25, 0.3) is 0 Å². The van der Waals surface area contributed by atoms with Gasteiger partial charge in [-0.05, 0) is 49.4 Å². The Balaban J connectivity index is 0.00000441. The first-order valence-corrected chi connectivity index (χ1v) is 7.69. The molecule has 0 bridgehead atoms. The van der Waals surface area contributed by atoms with Gasteiger partial charge in [0.05, 0.1) is 13.2 Å². The Morgan fingerprint density at radius 3 is 2.64 bits per heavy atom. The second kappa shape index (κ2) is 11.3. The zero-order valence-corrected chi connectivity index (χ0v) is 14.6. The van der Waals surface area contributed by atoms with Crippen LogP contribution in [0.5, 0.6) is 5.75 Å². The van der Waals surface area contributed by atoms with Gasteiger partial charge in [0.2, 0.25) is 0 Å². The molecule has 0 spiro atoms. The first-order valence-electron chi connectivity index (χ1n) is 7.69. The molecule has 0 amide bonds. The Morgan fingerprint density at radius 1 is 1.32 bits per heavy atom. The summed E-state index contributed by atoms with van der Waals surface area (Å²) in [5, 5.41) is 0. The SMILES string of the molecule is CCOC(=O)CCCOc1cc(C(C)C)ccc1CCN.Cl. The molecule has 0 radical (unpaired) electrons. The van der Waals surface area contributed by atoms with Gasteiger partial charge in [-0.25, -0.2) is 0 Å². The Morgan fingerprint density at radius 2 is 2.05 bits per heavy atom. The molecule has 0 unspecified atom stereocenters. The van der Waals surface area contributed by atoms with E-state index in [4.69, 9.17) is 15.2 Å². The van der Waals surface area contributed by atoms with E-state index in [1.165, 1.54) is 5.56 Å². The summed E-state index contributed by atoms with van der Waals surface area (Å²) >= 11 is 0. The number of benzene rings is 1. The lowest BCUT2D eigenvalue weighted by atomic mass is 10.00. The Labute approximate surface area is 139 Å². The van der Waals surface area contributed by atoms with E-state index in [-0.39, 0.29) is 18.4 Å². The molecule has 2 N–H and O–H groups in total. The standard InChI is InChI=1S/C17H27NO3.ClH/c1-4-20-17(19)6-5-11-21-16-12-15(13(2)3)8-7-14(16)9-10-18;/h7-8,12-13H,4-6,9-11,18H2,1-3H3;1H. The molecule has 0 aliphatic heterocycles. The second-order valence-electron chi connectivity index (χ2n) is 5.32. The largest absolute Gasteiger partial charge is 0.493 e. The molecule has 22 heavy (non-hydrogen) atoms. The Hall–Kier alpha value is -1.26. The van der Waals surface area contributed by atoms with Crippen molar-refractivity contribution in [1.82, 2.24) is 0 Å². The van der Waals surface area contributed by atoms with Crippen LogP contribution in [0.4, 0.5) is 0 Å². The molecule has 4 nitrogen and oxygen atoms in total. The molecule has 0 atom stereocenters. The summed E-state index contributed by atoms with van der Waals surface area (Å²) in [7, 11) is 0. The smallest absolute Gasteiger partial charge is 0.305 e. The van der Waals surface area contributed by atoms with Crippen LogP contribution in [-0.4, -0.2) is 25.7 Å². The monoisotopic (exact) mass is 329 g/mol. The predicted molar refractivity (Wildman–Crippen MR) is 91.9 cm³/mol. The first kappa shape index (κ1) is 20.7. The molecule has 1 aromatic carbocycles. The van der Waals surface area contributed by atoms with Crippen LogP contribution in [0.2, 0.25) is 0 Å². The van der Waals surface area contributed by atoms with Crippen molar-refractivity contribution in [3.05, 3.63) is 29.3 Å². The lowest BCUT2D eigenvalue weighted by Crippen LogP contribution is -2.09. The zero-order valence-electron chi connectivity index (χ0n) is 13.8. The molecular weight excluding hydrogens is 302 g/mol. The number of hydrogen-bond donors (Lipinski definition) is 1. The van der Waals surface area contributed by atoms with Gasteiger partial charge < -0.3 is 15.2 Å². The molecule has 0 saturated heterocycles. The maximum Gasteiger partial charge on any atom is 0.305 e. The van der Waals surface area contributed by atoms with E-state index < -0.39 is 0 Å². The van der Waals surface area contributed by atoms with Crippen molar-refractivity contribution >= 4 is 18.4 Å². The number of nitrogens with two attached hydrogens (primary N) is 1. The highest BCUT2D eigenvalue weighted by atomic mass is 35.5. The van der Waals surface area contributed by atoms with E-state index in [2.05, 4.69) is 32.0 Å². The molecule has 1 rings (SSSR count). The summed E-state index contributed by atoms with van der Waals surface area (Å²) in [6, 6.07) is 6.30. The summed E-state index contributed by atoms with van der Waals surface area (Å²) in [5.74, 6) is 1.17. The number of carbonyl (C=O) groups excluding carboxylic acids is 1. The van der Waals surface area contributed by atoms with Gasteiger partial charge in [0.15, 0.2) is 0 Å². The average molecular weight is 330 g/mol. The molecule has 0 saturated carbocycles. The fraction of sp³-hybridized carbons (Fsp3) is 0.588. The number of carbonyl (C=O) groups is 1. The van der Waals surface area contributed by atoms with E-state index in [0.29, 0.717) is 38.5 Å². The number of ether oxygens (including phenoxy) is 2. The highest BCUT2D eigenvalue weighted by molar-refractivity contribution is 5.85. The van der Waals surface area contributed by atoms with E-state index in [9.17, 15) is 4.79 Å². The fourth-order valence-electron chi connectivity index (χ4n) is 2.06. The molecule has 5 heteroatoms. The minimum absolute atomic E-state index is 0. The van der Waals surface area contributed by atoms with Crippen LogP contribution in [-0.2, 0) is 16.0 Å². The quantitative estimate of drug-likeness (QED) is 0.556. The minimum atomic E-state index is -0.167. The summed E-state index contributed by atoms with van der Waals surface area (Å²) in [6.07, 6.45) is 1.85. The van der Waals surface area contributed by atoms with Crippen molar-refractivity contribution in [1.29, 1.82) is 0 Å². The molecular formula is C17H28ClNO3. The lowest BCUT2D eigenvalue weighted by Gasteiger charge is -2.14. The molecule has 0 aliphatic rings. The molecule has 0 fully saturated rings. The van der Waals surface area contributed by atoms with Crippen molar-refractivity contribution < 1.29 is 14.3 Å². The third kappa shape index (κ3) is 7.14. The van der Waals surface area contributed by atoms with Crippen molar-refractivity contribution in [2.75, 3.05) is 19.8 Å². The minimum Gasteiger partial charge on any atom is -0.493 e. The third-order valence-electron chi connectivity index (χ3n) is 3.26. The van der Waals surface area contributed by atoms with Crippen LogP contribution in [0.3, 0.4) is 0 Å². The molecule has 0 aromatic heterocycles. The first-order chi connectivity index (χ1) is 10.1. The lowest BCUT2D eigenvalue weighted by molar-refractivity contribution is -0.143. The van der Waals surface area contributed by atoms with Crippen LogP contribution >= 0.6 is 12.4 Å². The molecule has 0 aliphatic carbocycles. The van der Waals surface area contributed by atoms with Crippen LogP contribution < -0.4 is 10.5 Å². The average Bonchev–Trinajstić information content (AvgIpc) is 2.45. The van der Waals surface area contributed by atoms with E-state index in [1.54, 1.807) is 0 Å². The third-order valence-corrected chi connectivity index (χ3v) is 3.26. The highest BCUT2D eigenvalue weighted by Crippen LogP contribution is 2.25. The number of halogens is 1. The molecule has 1 aromatic rings. The maximum absolute atomic E-state index is 11.3. The Kier molecular flexibility index (Phi) is 10.7. The molecule has 0 heterocycles. The van der Waals surface area contributed by atoms with Crippen LogP contribution in [0, 0.1) is 0 Å². The molecule has 126 valence electrons. The van der Waals surface area contributed by atoms with Gasteiger partial charge in [-0.15, -0.1) is 12.4 Å². The van der Waals surface area contributed by atoms with E-state index in [0.717, 1.165) is 17.7 Å². The zero-order chi connectivity index (χ0) is 15.7. The fourth-order valence-corrected chi connectivity index (χ4v) is 2.06. The van der Waals surface area contributed by atoms with Gasteiger partial charge in [0.1, 0.15) is 5.75 Å².